The van der Waals surface area contributed by atoms with Crippen LogP contribution in [0.25, 0.3) is 32.9 Å². The third kappa shape index (κ3) is 4.00. The molecule has 4 heterocycles. The number of fused-ring (bicyclic) bond motifs is 1. The van der Waals surface area contributed by atoms with Crippen LogP contribution in [-0.4, -0.2) is 31.2 Å². The van der Waals surface area contributed by atoms with E-state index in [2.05, 4.69) is 38.8 Å². The summed E-state index contributed by atoms with van der Waals surface area (Å²) in [5, 5.41) is 9.90. The molecule has 2 unspecified atom stereocenters. The Kier molecular flexibility index (Phi) is 5.41. The van der Waals surface area contributed by atoms with Gasteiger partial charge in [0.25, 0.3) is 0 Å². The van der Waals surface area contributed by atoms with Gasteiger partial charge in [-0.2, -0.15) is 5.10 Å². The summed E-state index contributed by atoms with van der Waals surface area (Å²) in [5.74, 6) is 1.22. The monoisotopic (exact) mass is 467 g/mol. The second-order valence-corrected chi connectivity index (χ2v) is 9.74. The first-order chi connectivity index (χ1) is 16.7. The molecule has 170 valence electrons. The number of rotatable bonds is 7. The molecule has 6 rings (SSSR count). The molecule has 34 heavy (non-hydrogen) atoms. The molecule has 1 aliphatic carbocycles. The number of nitrogens with two attached hydrogens (primary N) is 2. The quantitative estimate of drug-likeness (QED) is 0.322. The van der Waals surface area contributed by atoms with E-state index in [1.54, 1.807) is 23.7 Å². The van der Waals surface area contributed by atoms with E-state index >= 15 is 0 Å². The molecule has 5 aromatic rings. The van der Waals surface area contributed by atoms with Crippen molar-refractivity contribution in [3.63, 3.8) is 0 Å². The molecule has 2 atom stereocenters. The van der Waals surface area contributed by atoms with Gasteiger partial charge in [0.05, 0.1) is 27.6 Å². The number of hydrogen-bond acceptors (Lipinski definition) is 7. The third-order valence-corrected chi connectivity index (χ3v) is 7.35. The van der Waals surface area contributed by atoms with Gasteiger partial charge in [-0.3, -0.25) is 10.1 Å². The highest BCUT2D eigenvalue weighted by atomic mass is 32.1. The molecule has 1 aromatic carbocycles. The zero-order valence-corrected chi connectivity index (χ0v) is 19.4. The number of H-pyrrole nitrogens is 1. The third-order valence-electron chi connectivity index (χ3n) is 6.36. The molecule has 1 fully saturated rings. The predicted molar refractivity (Wildman–Crippen MR) is 135 cm³/mol. The molecule has 0 aliphatic heterocycles. The molecule has 0 amide bonds. The Morgan fingerprint density at radius 1 is 1.03 bits per heavy atom. The average Bonchev–Trinajstić information content (AvgIpc) is 3.45. The molecule has 4 aromatic heterocycles. The largest absolute Gasteiger partial charge is 0.326 e. The smallest absolute Gasteiger partial charge is 0.160 e. The van der Waals surface area contributed by atoms with Crippen LogP contribution in [0, 0.1) is 0 Å². The fourth-order valence-electron chi connectivity index (χ4n) is 4.27. The number of nitrogens with one attached hydrogen (secondary N) is 1. The fraction of sp³-hybridized carbons (Fsp3) is 0.231. The van der Waals surface area contributed by atoms with Crippen molar-refractivity contribution in [1.82, 2.24) is 25.1 Å². The van der Waals surface area contributed by atoms with Crippen LogP contribution in [0.15, 0.2) is 66.3 Å². The summed E-state index contributed by atoms with van der Waals surface area (Å²) in [6.07, 6.45) is 6.60. The summed E-state index contributed by atoms with van der Waals surface area (Å²) in [6.45, 7) is 0. The Morgan fingerprint density at radius 3 is 2.59 bits per heavy atom. The van der Waals surface area contributed by atoms with E-state index in [9.17, 15) is 0 Å². The minimum atomic E-state index is -0.445. The van der Waals surface area contributed by atoms with Crippen molar-refractivity contribution >= 4 is 21.6 Å². The second-order valence-electron chi connectivity index (χ2n) is 8.86. The zero-order chi connectivity index (χ0) is 23.1. The highest BCUT2D eigenvalue weighted by Gasteiger charge is 2.27. The van der Waals surface area contributed by atoms with Crippen LogP contribution < -0.4 is 11.5 Å². The lowest BCUT2D eigenvalue weighted by Crippen LogP contribution is -2.36. The lowest BCUT2D eigenvalue weighted by atomic mass is 9.97. The molecule has 1 aliphatic rings. The van der Waals surface area contributed by atoms with Crippen LogP contribution in [0.5, 0.6) is 0 Å². The van der Waals surface area contributed by atoms with Gasteiger partial charge in [0.1, 0.15) is 0 Å². The maximum absolute atomic E-state index is 6.76. The van der Waals surface area contributed by atoms with Gasteiger partial charge in [0.2, 0.25) is 0 Å². The summed E-state index contributed by atoms with van der Waals surface area (Å²) in [4.78, 5) is 14.0. The number of nitrogens with zero attached hydrogens (tertiary/aromatic N) is 4. The highest BCUT2D eigenvalue weighted by molar-refractivity contribution is 7.17. The van der Waals surface area contributed by atoms with Crippen LogP contribution in [0.1, 0.15) is 41.8 Å². The van der Waals surface area contributed by atoms with Crippen molar-refractivity contribution in [2.45, 2.75) is 37.3 Å². The number of aromatic amines is 1. The average molecular weight is 468 g/mol. The summed E-state index contributed by atoms with van der Waals surface area (Å²) < 4.78 is 0.958. The van der Waals surface area contributed by atoms with E-state index in [4.69, 9.17) is 21.4 Å². The van der Waals surface area contributed by atoms with Gasteiger partial charge in [-0.05, 0) is 43.0 Å². The van der Waals surface area contributed by atoms with Gasteiger partial charge >= 0.3 is 0 Å². The molecule has 7 nitrogen and oxygen atoms in total. The van der Waals surface area contributed by atoms with Crippen molar-refractivity contribution in [2.75, 3.05) is 0 Å². The van der Waals surface area contributed by atoms with Crippen molar-refractivity contribution in [3.8, 4) is 22.6 Å². The molecule has 5 N–H and O–H groups in total. The zero-order valence-electron chi connectivity index (χ0n) is 18.6. The van der Waals surface area contributed by atoms with E-state index < -0.39 is 6.04 Å². The Labute approximate surface area is 201 Å². The van der Waals surface area contributed by atoms with Gasteiger partial charge in [0.15, 0.2) is 5.82 Å². The maximum atomic E-state index is 6.76. The van der Waals surface area contributed by atoms with Crippen LogP contribution >= 0.6 is 11.3 Å². The maximum Gasteiger partial charge on any atom is 0.160 e. The highest BCUT2D eigenvalue weighted by Crippen LogP contribution is 2.42. The van der Waals surface area contributed by atoms with Crippen molar-refractivity contribution in [2.24, 2.45) is 11.5 Å². The van der Waals surface area contributed by atoms with Gasteiger partial charge in [-0.1, -0.05) is 30.3 Å². The SMILES string of the molecule is NC(Cc1ccccc1)C(N)c1nc(-c2ccncc2)nc2c(-c3cc(C4CC4)[nH]n3)csc12. The van der Waals surface area contributed by atoms with Crippen molar-refractivity contribution in [3.05, 3.63) is 83.3 Å². The summed E-state index contributed by atoms with van der Waals surface area (Å²) >= 11 is 1.60. The number of benzene rings is 1. The van der Waals surface area contributed by atoms with Crippen molar-refractivity contribution < 1.29 is 0 Å². The first kappa shape index (κ1) is 21.1. The molecular formula is C26H25N7S. The van der Waals surface area contributed by atoms with Gasteiger partial charge in [-0.25, -0.2) is 9.97 Å². The molecule has 0 spiro atoms. The number of pyridine rings is 1. The van der Waals surface area contributed by atoms with Crippen molar-refractivity contribution in [1.29, 1.82) is 0 Å². The molecule has 1 saturated carbocycles. The standard InChI is InChI=1S/C26H25N7S/c27-19(12-15-4-2-1-3-5-15)22(28)24-25-23(30-26(31-24)17-8-10-29-11-9-17)18(14-34-25)21-13-20(32-33-21)16-6-7-16/h1-5,8-11,13-14,16,19,22H,6-7,12,27-28H2,(H,32,33). The first-order valence-corrected chi connectivity index (χ1v) is 12.4. The van der Waals surface area contributed by atoms with Gasteiger partial charge < -0.3 is 11.5 Å². The van der Waals surface area contributed by atoms with Crippen LogP contribution in [-0.2, 0) is 6.42 Å². The Hall–Kier alpha value is -3.46. The lowest BCUT2D eigenvalue weighted by Gasteiger charge is -2.20. The fourth-order valence-corrected chi connectivity index (χ4v) is 5.31. The Morgan fingerprint density at radius 2 is 1.82 bits per heavy atom. The lowest BCUT2D eigenvalue weighted by molar-refractivity contribution is 0.537. The topological polar surface area (TPSA) is 119 Å². The first-order valence-electron chi connectivity index (χ1n) is 11.5. The summed E-state index contributed by atoms with van der Waals surface area (Å²) in [5.41, 5.74) is 20.1. The van der Waals surface area contributed by atoms with E-state index in [-0.39, 0.29) is 6.04 Å². The molecule has 0 bridgehead atoms. The second kappa shape index (κ2) is 8.72. The molecule has 8 heteroatoms. The van der Waals surface area contributed by atoms with Crippen LogP contribution in [0.3, 0.4) is 0 Å². The minimum absolute atomic E-state index is 0.289. The van der Waals surface area contributed by atoms with Gasteiger partial charge in [-0.15, -0.1) is 11.3 Å². The van der Waals surface area contributed by atoms with E-state index in [0.717, 1.165) is 38.3 Å². The summed E-state index contributed by atoms with van der Waals surface area (Å²) in [6, 6.07) is 15.4. The Bertz CT molecular complexity index is 1420. The normalized spacial score (nSPS) is 15.5. The van der Waals surface area contributed by atoms with E-state index in [1.807, 2.05) is 30.3 Å². The van der Waals surface area contributed by atoms with Gasteiger partial charge in [0, 0.05) is 46.6 Å². The van der Waals surface area contributed by atoms with Crippen LogP contribution in [0.4, 0.5) is 0 Å². The number of aromatic nitrogens is 5. The van der Waals surface area contributed by atoms with Crippen LogP contribution in [0.2, 0.25) is 0 Å². The molecular weight excluding hydrogens is 442 g/mol. The molecule has 0 radical (unpaired) electrons. The number of thiophene rings is 1. The minimum Gasteiger partial charge on any atom is -0.326 e. The Balaban J connectivity index is 1.45. The summed E-state index contributed by atoms with van der Waals surface area (Å²) in [7, 11) is 0. The number of hydrogen-bond donors (Lipinski definition) is 3. The van der Waals surface area contributed by atoms with E-state index in [0.29, 0.717) is 18.2 Å². The predicted octanol–water partition coefficient (Wildman–Crippen LogP) is 4.59. The molecule has 0 saturated heterocycles. The van der Waals surface area contributed by atoms with E-state index in [1.165, 1.54) is 18.5 Å².